The zero-order chi connectivity index (χ0) is 27.0. The first kappa shape index (κ1) is 28.8. The summed E-state index contributed by atoms with van der Waals surface area (Å²) in [7, 11) is -2.73. The molecule has 1 unspecified atom stereocenters. The van der Waals surface area contributed by atoms with Crippen LogP contribution in [0.1, 0.15) is 13.8 Å². The van der Waals surface area contributed by atoms with Crippen molar-refractivity contribution in [2.24, 2.45) is 5.92 Å². The highest BCUT2D eigenvalue weighted by Crippen LogP contribution is 2.30. The lowest BCUT2D eigenvalue weighted by Gasteiger charge is -2.31. The first-order valence-electron chi connectivity index (χ1n) is 11.3. The third-order valence-electron chi connectivity index (χ3n) is 5.14. The fourth-order valence-corrected chi connectivity index (χ4v) is 7.13. The molecule has 1 atom stereocenters. The van der Waals surface area contributed by atoms with Crippen LogP contribution in [0.4, 0.5) is 10.5 Å². The first-order chi connectivity index (χ1) is 17.6. The van der Waals surface area contributed by atoms with Gasteiger partial charge in [-0.1, -0.05) is 13.8 Å². The number of rotatable bonds is 12. The lowest BCUT2D eigenvalue weighted by molar-refractivity contribution is -0.115. The quantitative estimate of drug-likeness (QED) is 0.281. The summed E-state index contributed by atoms with van der Waals surface area (Å²) in [4.78, 5) is 32.4. The molecule has 0 saturated heterocycles. The molecule has 3 rings (SSSR count). The van der Waals surface area contributed by atoms with Crippen LogP contribution in [0.3, 0.4) is 0 Å². The molecule has 0 aliphatic rings. The van der Waals surface area contributed by atoms with Gasteiger partial charge < -0.3 is 20.5 Å². The van der Waals surface area contributed by atoms with E-state index in [9.17, 15) is 23.1 Å². The average Bonchev–Trinajstić information content (AvgIpc) is 3.35. The maximum Gasteiger partial charge on any atom is 0.407 e. The number of nitrogens with one attached hydrogen (secondary N) is 2. The van der Waals surface area contributed by atoms with Crippen molar-refractivity contribution in [3.63, 3.8) is 0 Å². The molecule has 0 spiro atoms. The van der Waals surface area contributed by atoms with Crippen molar-refractivity contribution >= 4 is 61.0 Å². The van der Waals surface area contributed by atoms with Gasteiger partial charge in [0.15, 0.2) is 0 Å². The summed E-state index contributed by atoms with van der Waals surface area (Å²) in [5, 5.41) is 15.2. The molecular weight excluding hydrogens is 538 g/mol. The van der Waals surface area contributed by atoms with Crippen molar-refractivity contribution in [3.8, 4) is 0 Å². The second-order valence-corrected chi connectivity index (χ2v) is 12.2. The van der Waals surface area contributed by atoms with Crippen LogP contribution < -0.4 is 10.6 Å². The molecule has 0 aliphatic carbocycles. The van der Waals surface area contributed by atoms with Crippen molar-refractivity contribution in [1.29, 1.82) is 0 Å². The number of hydrogen-bond donors (Lipinski definition) is 3. The van der Waals surface area contributed by atoms with E-state index in [1.807, 2.05) is 13.8 Å². The number of benzene rings is 1. The smallest absolute Gasteiger partial charge is 0.407 e. The van der Waals surface area contributed by atoms with Crippen LogP contribution in [0.25, 0.3) is 10.2 Å². The molecule has 0 bridgehead atoms. The minimum Gasteiger partial charge on any atom is -0.453 e. The highest BCUT2D eigenvalue weighted by atomic mass is 32.2. The molecule has 0 fully saturated rings. The number of aromatic nitrogens is 2. The summed E-state index contributed by atoms with van der Waals surface area (Å²) in [6, 6.07) is 5.77. The highest BCUT2D eigenvalue weighted by Gasteiger charge is 2.32. The Morgan fingerprint density at radius 2 is 2.05 bits per heavy atom. The molecule has 0 aliphatic heterocycles. The van der Waals surface area contributed by atoms with Gasteiger partial charge in [-0.2, -0.15) is 4.31 Å². The van der Waals surface area contributed by atoms with Gasteiger partial charge in [-0.25, -0.2) is 18.2 Å². The number of fused-ring (bicyclic) bond motifs is 1. The van der Waals surface area contributed by atoms with Crippen molar-refractivity contribution in [2.75, 3.05) is 37.9 Å². The summed E-state index contributed by atoms with van der Waals surface area (Å²) in [5.74, 6) is -0.251. The van der Waals surface area contributed by atoms with Gasteiger partial charge in [0.1, 0.15) is 6.54 Å². The van der Waals surface area contributed by atoms with Gasteiger partial charge in [0.05, 0.1) is 52.3 Å². The van der Waals surface area contributed by atoms with E-state index in [0.29, 0.717) is 10.6 Å². The zero-order valence-corrected chi connectivity index (χ0v) is 23.0. The van der Waals surface area contributed by atoms with E-state index < -0.39 is 34.7 Å². The van der Waals surface area contributed by atoms with Crippen molar-refractivity contribution in [3.05, 3.63) is 42.2 Å². The number of sulfonamides is 1. The first-order valence-corrected chi connectivity index (χ1v) is 14.6. The Kier molecular flexibility index (Phi) is 10.2. The number of hydrogen-bond acceptors (Lipinski definition) is 10. The van der Waals surface area contributed by atoms with Gasteiger partial charge in [0.25, 0.3) is 0 Å². The standard InChI is InChI=1S/C23H29N5O6S3/c1-15(2)11-28(37(32,33)17-4-5-18-21(8-17)36-14-26-18)16(12-29)13-35-20-6-7-24-9-19(20)27-22(30)10-25-23(31)34-3/h4-9,14-16,29H,10-13H2,1-3H3,(H,25,31)(H,27,30). The normalized spacial score (nSPS) is 12.6. The molecule has 0 saturated carbocycles. The number of pyridine rings is 1. The molecule has 14 heteroatoms. The largest absolute Gasteiger partial charge is 0.453 e. The Morgan fingerprint density at radius 1 is 1.27 bits per heavy atom. The van der Waals surface area contributed by atoms with Crippen LogP contribution in [0.2, 0.25) is 0 Å². The van der Waals surface area contributed by atoms with Gasteiger partial charge in [-0.05, 0) is 30.2 Å². The number of thioether (sulfide) groups is 1. The van der Waals surface area contributed by atoms with Crippen LogP contribution in [-0.4, -0.2) is 78.4 Å². The summed E-state index contributed by atoms with van der Waals surface area (Å²) < 4.78 is 33.9. The highest BCUT2D eigenvalue weighted by molar-refractivity contribution is 7.99. The number of thiazole rings is 1. The Morgan fingerprint density at radius 3 is 2.76 bits per heavy atom. The van der Waals surface area contributed by atoms with E-state index in [1.54, 1.807) is 29.9 Å². The fourth-order valence-electron chi connectivity index (χ4n) is 3.37. The van der Waals surface area contributed by atoms with Crippen LogP contribution >= 0.6 is 23.1 Å². The number of amides is 2. The number of alkyl carbamates (subject to hydrolysis) is 1. The van der Waals surface area contributed by atoms with Crippen molar-refractivity contribution < 1.29 is 27.9 Å². The molecule has 11 nitrogen and oxygen atoms in total. The predicted molar refractivity (Wildman–Crippen MR) is 143 cm³/mol. The van der Waals surface area contributed by atoms with E-state index in [0.717, 1.165) is 10.2 Å². The maximum atomic E-state index is 13.7. The topological polar surface area (TPSA) is 151 Å². The fraction of sp³-hybridized carbons (Fsp3) is 0.391. The Balaban J connectivity index is 1.79. The monoisotopic (exact) mass is 567 g/mol. The van der Waals surface area contributed by atoms with Crippen LogP contribution in [0, 0.1) is 5.92 Å². The molecule has 200 valence electrons. The van der Waals surface area contributed by atoms with Gasteiger partial charge in [-0.3, -0.25) is 9.78 Å². The van der Waals surface area contributed by atoms with Crippen LogP contribution in [0.15, 0.2) is 52.0 Å². The number of nitrogens with zero attached hydrogens (tertiary/aromatic N) is 3. The predicted octanol–water partition coefficient (Wildman–Crippen LogP) is 2.79. The third-order valence-corrected chi connectivity index (χ3v) is 9.06. The maximum absolute atomic E-state index is 13.7. The number of aliphatic hydroxyl groups excluding tert-OH is 1. The van der Waals surface area contributed by atoms with Crippen LogP contribution in [0.5, 0.6) is 0 Å². The molecule has 3 N–H and O–H groups in total. The molecule has 2 heterocycles. The second-order valence-electron chi connectivity index (χ2n) is 8.36. The number of aliphatic hydroxyl groups is 1. The summed E-state index contributed by atoms with van der Waals surface area (Å²) in [5.41, 5.74) is 2.79. The Bertz CT molecular complexity index is 1330. The number of ether oxygens (including phenoxy) is 1. The number of methoxy groups -OCH3 is 1. The summed E-state index contributed by atoms with van der Waals surface area (Å²) in [6.45, 7) is 3.35. The molecule has 37 heavy (non-hydrogen) atoms. The van der Waals surface area contributed by atoms with Gasteiger partial charge in [0.2, 0.25) is 15.9 Å². The lowest BCUT2D eigenvalue weighted by atomic mass is 10.2. The van der Waals surface area contributed by atoms with Gasteiger partial charge in [-0.15, -0.1) is 23.1 Å². The molecule has 1 aromatic carbocycles. The van der Waals surface area contributed by atoms with E-state index in [4.69, 9.17) is 0 Å². The van der Waals surface area contributed by atoms with E-state index in [1.165, 1.54) is 46.8 Å². The summed E-state index contributed by atoms with van der Waals surface area (Å²) >= 11 is 2.64. The average molecular weight is 568 g/mol. The lowest BCUT2D eigenvalue weighted by Crippen LogP contribution is -2.45. The molecular formula is C23H29N5O6S3. The SMILES string of the molecule is COC(=O)NCC(=O)Nc1cnccc1SCC(CO)N(CC(C)C)S(=O)(=O)c1ccc2ncsc2c1. The minimum atomic E-state index is -3.92. The summed E-state index contributed by atoms with van der Waals surface area (Å²) in [6.07, 6.45) is 2.27. The number of carbonyl (C=O) groups is 2. The molecule has 2 amide bonds. The molecule has 2 aromatic heterocycles. The Labute approximate surface area is 223 Å². The van der Waals surface area contributed by atoms with E-state index in [-0.39, 0.29) is 29.7 Å². The third kappa shape index (κ3) is 7.61. The van der Waals surface area contributed by atoms with E-state index >= 15 is 0 Å². The van der Waals surface area contributed by atoms with Crippen LogP contribution in [-0.2, 0) is 19.6 Å². The van der Waals surface area contributed by atoms with Crippen molar-refractivity contribution in [1.82, 2.24) is 19.6 Å². The molecule has 0 radical (unpaired) electrons. The minimum absolute atomic E-state index is 0.0130. The van der Waals surface area contributed by atoms with Crippen molar-refractivity contribution in [2.45, 2.75) is 29.7 Å². The van der Waals surface area contributed by atoms with Gasteiger partial charge in [0, 0.05) is 23.4 Å². The number of carbonyl (C=O) groups excluding carboxylic acids is 2. The Hall–Kier alpha value is -2.78. The second kappa shape index (κ2) is 13.1. The van der Waals surface area contributed by atoms with Gasteiger partial charge >= 0.3 is 6.09 Å². The zero-order valence-electron chi connectivity index (χ0n) is 20.6. The molecule has 3 aromatic rings. The van der Waals surface area contributed by atoms with E-state index in [2.05, 4.69) is 25.3 Å². The number of anilines is 1.